The summed E-state index contributed by atoms with van der Waals surface area (Å²) in [5.41, 5.74) is 6.83. The van der Waals surface area contributed by atoms with E-state index in [1.807, 2.05) is 6.07 Å². The first-order valence-corrected chi connectivity index (χ1v) is 5.42. The Morgan fingerprint density at radius 1 is 1.29 bits per heavy atom. The van der Waals surface area contributed by atoms with Gasteiger partial charge < -0.3 is 16.2 Å². The van der Waals surface area contributed by atoms with E-state index in [2.05, 4.69) is 5.32 Å². The van der Waals surface area contributed by atoms with Gasteiger partial charge in [-0.15, -0.1) is 0 Å². The zero-order valence-corrected chi connectivity index (χ0v) is 9.48. The molecule has 17 heavy (non-hydrogen) atoms. The van der Waals surface area contributed by atoms with E-state index in [1.54, 1.807) is 18.2 Å². The van der Waals surface area contributed by atoms with Crippen molar-refractivity contribution in [1.29, 1.82) is 0 Å². The predicted octanol–water partition coefficient (Wildman–Crippen LogP) is 0.991. The van der Waals surface area contributed by atoms with Gasteiger partial charge in [-0.25, -0.2) is 0 Å². The molecule has 1 aromatic rings. The van der Waals surface area contributed by atoms with Gasteiger partial charge in [0, 0.05) is 25.1 Å². The van der Waals surface area contributed by atoms with E-state index >= 15 is 0 Å². The van der Waals surface area contributed by atoms with Crippen LogP contribution in [-0.2, 0) is 16.0 Å². The van der Waals surface area contributed by atoms with Crippen molar-refractivity contribution >= 4 is 17.6 Å². The van der Waals surface area contributed by atoms with Crippen LogP contribution in [0.3, 0.4) is 0 Å². The van der Waals surface area contributed by atoms with Crippen molar-refractivity contribution in [2.45, 2.75) is 19.3 Å². The molecular weight excluding hydrogens is 220 g/mol. The fourth-order valence-electron chi connectivity index (χ4n) is 1.41. The number of aryl methyl sites for hydroxylation is 1. The van der Waals surface area contributed by atoms with Gasteiger partial charge in [-0.3, -0.25) is 9.59 Å². The fourth-order valence-corrected chi connectivity index (χ4v) is 1.41. The molecule has 0 atom stereocenters. The number of amides is 1. The third kappa shape index (κ3) is 5.12. The number of nitrogens with two attached hydrogens (primary N) is 1. The summed E-state index contributed by atoms with van der Waals surface area (Å²) in [5.74, 6) is -0.967. The Labute approximate surface area is 99.6 Å². The van der Waals surface area contributed by atoms with Crippen molar-refractivity contribution in [3.05, 3.63) is 29.8 Å². The van der Waals surface area contributed by atoms with Gasteiger partial charge in [0.05, 0.1) is 0 Å². The molecular formula is C12H16N2O3. The summed E-state index contributed by atoms with van der Waals surface area (Å²) in [4.78, 5) is 21.7. The van der Waals surface area contributed by atoms with Crippen molar-refractivity contribution < 1.29 is 14.7 Å². The number of hydrogen-bond donors (Lipinski definition) is 3. The van der Waals surface area contributed by atoms with Crippen LogP contribution in [0.4, 0.5) is 5.69 Å². The normalized spacial score (nSPS) is 9.94. The van der Waals surface area contributed by atoms with E-state index in [1.165, 1.54) is 0 Å². The van der Waals surface area contributed by atoms with Crippen LogP contribution in [0.5, 0.6) is 0 Å². The average Bonchev–Trinajstić information content (AvgIpc) is 2.27. The molecule has 0 aliphatic heterocycles. The van der Waals surface area contributed by atoms with E-state index in [4.69, 9.17) is 10.8 Å². The molecule has 0 unspecified atom stereocenters. The molecule has 92 valence electrons. The number of anilines is 1. The molecule has 1 amide bonds. The molecule has 0 heterocycles. The second kappa shape index (κ2) is 6.65. The summed E-state index contributed by atoms with van der Waals surface area (Å²) in [6.07, 6.45) is 0.815. The Hall–Kier alpha value is -1.88. The van der Waals surface area contributed by atoms with Crippen molar-refractivity contribution in [3.63, 3.8) is 0 Å². The van der Waals surface area contributed by atoms with Gasteiger partial charge in [-0.1, -0.05) is 12.1 Å². The first-order chi connectivity index (χ1) is 8.11. The largest absolute Gasteiger partial charge is 0.481 e. The van der Waals surface area contributed by atoms with Crippen LogP contribution >= 0.6 is 0 Å². The lowest BCUT2D eigenvalue weighted by molar-refractivity contribution is -0.137. The lowest BCUT2D eigenvalue weighted by atomic mass is 10.1. The van der Waals surface area contributed by atoms with Crippen LogP contribution in [-0.4, -0.2) is 23.5 Å². The third-order valence-corrected chi connectivity index (χ3v) is 2.21. The molecule has 0 saturated heterocycles. The van der Waals surface area contributed by atoms with Gasteiger partial charge in [0.25, 0.3) is 0 Å². The number of hydrogen-bond acceptors (Lipinski definition) is 3. The van der Waals surface area contributed by atoms with Gasteiger partial charge in [0.2, 0.25) is 5.91 Å². The number of carboxylic acid groups (broad SMARTS) is 1. The monoisotopic (exact) mass is 236 g/mol. The van der Waals surface area contributed by atoms with Gasteiger partial charge in [-0.2, -0.15) is 0 Å². The maximum atomic E-state index is 11.3. The van der Waals surface area contributed by atoms with Crippen molar-refractivity contribution in [1.82, 2.24) is 0 Å². The molecule has 0 fully saturated rings. The minimum absolute atomic E-state index is 0.0835. The summed E-state index contributed by atoms with van der Waals surface area (Å²) in [5, 5.41) is 11.3. The number of carbonyl (C=O) groups excluding carboxylic acids is 1. The minimum Gasteiger partial charge on any atom is -0.481 e. The number of rotatable bonds is 6. The maximum Gasteiger partial charge on any atom is 0.303 e. The van der Waals surface area contributed by atoms with Gasteiger partial charge in [0.15, 0.2) is 0 Å². The molecule has 0 aliphatic carbocycles. The van der Waals surface area contributed by atoms with Crippen LogP contribution in [0.2, 0.25) is 0 Å². The number of carboxylic acids is 1. The molecule has 4 N–H and O–H groups in total. The topological polar surface area (TPSA) is 92.4 Å². The fraction of sp³-hybridized carbons (Fsp3) is 0.333. The van der Waals surface area contributed by atoms with Crippen LogP contribution in [0.25, 0.3) is 0 Å². The van der Waals surface area contributed by atoms with Crippen LogP contribution in [0.15, 0.2) is 24.3 Å². The third-order valence-electron chi connectivity index (χ3n) is 2.21. The zero-order valence-electron chi connectivity index (χ0n) is 9.48. The highest BCUT2D eigenvalue weighted by atomic mass is 16.4. The Balaban J connectivity index is 2.59. The van der Waals surface area contributed by atoms with E-state index in [0.29, 0.717) is 18.7 Å². The number of benzene rings is 1. The second-order valence-corrected chi connectivity index (χ2v) is 3.68. The first kappa shape index (κ1) is 13.2. The molecule has 1 aromatic carbocycles. The first-order valence-electron chi connectivity index (χ1n) is 5.42. The van der Waals surface area contributed by atoms with Crippen molar-refractivity contribution in [2.24, 2.45) is 5.73 Å². The van der Waals surface area contributed by atoms with E-state index < -0.39 is 5.97 Å². The zero-order chi connectivity index (χ0) is 12.7. The molecule has 0 aromatic heterocycles. The second-order valence-electron chi connectivity index (χ2n) is 3.68. The lowest BCUT2D eigenvalue weighted by Gasteiger charge is -2.06. The quantitative estimate of drug-likeness (QED) is 0.686. The number of carbonyl (C=O) groups is 2. The number of aliphatic carboxylic acids is 1. The molecule has 0 saturated carbocycles. The van der Waals surface area contributed by atoms with Gasteiger partial charge in [-0.05, 0) is 24.1 Å². The maximum absolute atomic E-state index is 11.3. The van der Waals surface area contributed by atoms with E-state index in [-0.39, 0.29) is 18.7 Å². The van der Waals surface area contributed by atoms with Gasteiger partial charge in [0.1, 0.15) is 0 Å². The smallest absolute Gasteiger partial charge is 0.303 e. The predicted molar refractivity (Wildman–Crippen MR) is 64.7 cm³/mol. The Kier molecular flexibility index (Phi) is 5.16. The highest BCUT2D eigenvalue weighted by Crippen LogP contribution is 2.12. The summed E-state index contributed by atoms with van der Waals surface area (Å²) < 4.78 is 0. The summed E-state index contributed by atoms with van der Waals surface area (Å²) in [6.45, 7) is 0.310. The molecule has 0 spiro atoms. The summed E-state index contributed by atoms with van der Waals surface area (Å²) in [7, 11) is 0. The van der Waals surface area contributed by atoms with Crippen LogP contribution in [0.1, 0.15) is 18.4 Å². The summed E-state index contributed by atoms with van der Waals surface area (Å²) >= 11 is 0. The number of nitrogens with one attached hydrogen (secondary N) is 1. The Morgan fingerprint density at radius 3 is 2.71 bits per heavy atom. The Morgan fingerprint density at radius 2 is 2.06 bits per heavy atom. The molecule has 0 aliphatic rings. The standard InChI is InChI=1S/C12H16N2O3/c13-7-6-11(15)14-10-3-1-2-9(8-10)4-5-12(16)17/h1-3,8H,4-7,13H2,(H,14,15)(H,16,17). The SMILES string of the molecule is NCCC(=O)Nc1cccc(CCC(=O)O)c1. The summed E-state index contributed by atoms with van der Waals surface area (Å²) in [6, 6.07) is 7.16. The van der Waals surface area contributed by atoms with Crippen LogP contribution in [0, 0.1) is 0 Å². The highest BCUT2D eigenvalue weighted by molar-refractivity contribution is 5.90. The molecule has 5 heteroatoms. The van der Waals surface area contributed by atoms with Crippen LogP contribution < -0.4 is 11.1 Å². The van der Waals surface area contributed by atoms with Crippen molar-refractivity contribution in [2.75, 3.05) is 11.9 Å². The van der Waals surface area contributed by atoms with E-state index in [0.717, 1.165) is 5.56 Å². The van der Waals surface area contributed by atoms with Crippen molar-refractivity contribution in [3.8, 4) is 0 Å². The van der Waals surface area contributed by atoms with E-state index in [9.17, 15) is 9.59 Å². The lowest BCUT2D eigenvalue weighted by Crippen LogP contribution is -2.16. The highest BCUT2D eigenvalue weighted by Gasteiger charge is 2.03. The Bertz CT molecular complexity index is 404. The van der Waals surface area contributed by atoms with Gasteiger partial charge >= 0.3 is 5.97 Å². The molecule has 0 bridgehead atoms. The molecule has 5 nitrogen and oxygen atoms in total. The molecule has 1 rings (SSSR count). The molecule has 0 radical (unpaired) electrons. The average molecular weight is 236 g/mol. The minimum atomic E-state index is -0.831.